The molecule has 1 heterocycles. The molecule has 2 unspecified atom stereocenters. The smallest absolute Gasteiger partial charge is 0.220 e. The van der Waals surface area contributed by atoms with E-state index in [1.54, 1.807) is 0 Å². The van der Waals surface area contributed by atoms with Crippen molar-refractivity contribution in [1.82, 2.24) is 5.32 Å². The number of halogens is 1. The van der Waals surface area contributed by atoms with Gasteiger partial charge in [-0.1, -0.05) is 13.8 Å². The minimum atomic E-state index is 0.104. The zero-order valence-electron chi connectivity index (χ0n) is 10.9. The van der Waals surface area contributed by atoms with Crippen LogP contribution in [0.1, 0.15) is 46.0 Å². The van der Waals surface area contributed by atoms with Gasteiger partial charge < -0.3 is 10.1 Å². The van der Waals surface area contributed by atoms with Gasteiger partial charge >= 0.3 is 0 Å². The van der Waals surface area contributed by atoms with E-state index in [0.717, 1.165) is 32.3 Å². The second kappa shape index (κ2) is 7.93. The Balaban J connectivity index is 2.17. The van der Waals surface area contributed by atoms with Crippen LogP contribution in [0.3, 0.4) is 0 Å². The molecule has 1 saturated heterocycles. The Morgan fingerprint density at radius 3 is 2.82 bits per heavy atom. The van der Waals surface area contributed by atoms with Crippen molar-refractivity contribution in [3.63, 3.8) is 0 Å². The zero-order chi connectivity index (χ0) is 12.7. The molecule has 1 N–H and O–H groups in total. The lowest BCUT2D eigenvalue weighted by molar-refractivity contribution is -0.122. The van der Waals surface area contributed by atoms with Gasteiger partial charge in [0.2, 0.25) is 5.91 Å². The van der Waals surface area contributed by atoms with E-state index in [0.29, 0.717) is 24.3 Å². The van der Waals surface area contributed by atoms with Crippen molar-refractivity contribution in [2.45, 2.75) is 58.1 Å². The number of alkyl halides is 1. The summed E-state index contributed by atoms with van der Waals surface area (Å²) in [5, 5.41) is 3.00. The third-order valence-corrected chi connectivity index (χ3v) is 3.40. The highest BCUT2D eigenvalue weighted by atomic mass is 35.5. The van der Waals surface area contributed by atoms with Crippen molar-refractivity contribution < 1.29 is 9.53 Å². The molecule has 100 valence electrons. The van der Waals surface area contributed by atoms with Crippen LogP contribution in [0.5, 0.6) is 0 Å². The van der Waals surface area contributed by atoms with E-state index in [2.05, 4.69) is 19.2 Å². The number of carbonyl (C=O) groups is 1. The summed E-state index contributed by atoms with van der Waals surface area (Å²) in [6.45, 7) is 5.13. The van der Waals surface area contributed by atoms with Crippen LogP contribution in [-0.4, -0.2) is 30.5 Å². The largest absolute Gasteiger partial charge is 0.378 e. The van der Waals surface area contributed by atoms with Crippen molar-refractivity contribution >= 4 is 17.5 Å². The summed E-state index contributed by atoms with van der Waals surface area (Å²) >= 11 is 5.84. The molecule has 3 nitrogen and oxygen atoms in total. The number of ether oxygens (including phenoxy) is 1. The summed E-state index contributed by atoms with van der Waals surface area (Å²) in [7, 11) is 0. The number of amides is 1. The maximum atomic E-state index is 11.7. The van der Waals surface area contributed by atoms with Gasteiger partial charge in [-0.2, -0.15) is 0 Å². The number of carbonyl (C=O) groups excluding carboxylic acids is 1. The number of hydrogen-bond donors (Lipinski definition) is 1. The van der Waals surface area contributed by atoms with Gasteiger partial charge in [-0.05, 0) is 31.6 Å². The molecule has 0 aromatic rings. The highest BCUT2D eigenvalue weighted by Gasteiger charge is 2.18. The minimum Gasteiger partial charge on any atom is -0.378 e. The Hall–Kier alpha value is -0.280. The van der Waals surface area contributed by atoms with Crippen molar-refractivity contribution in [3.8, 4) is 0 Å². The standard InChI is InChI=1S/C13H24ClNO2/c1-10(2)8-11(9-14)15-13(16)6-5-12-4-3-7-17-12/h10-12H,3-9H2,1-2H3,(H,15,16). The first kappa shape index (κ1) is 14.8. The molecule has 1 rings (SSSR count). The average Bonchev–Trinajstić information content (AvgIpc) is 2.77. The van der Waals surface area contributed by atoms with Crippen LogP contribution < -0.4 is 5.32 Å². The molecule has 0 bridgehead atoms. The SMILES string of the molecule is CC(C)CC(CCl)NC(=O)CCC1CCCO1. The highest BCUT2D eigenvalue weighted by Crippen LogP contribution is 2.16. The van der Waals surface area contributed by atoms with E-state index in [1.807, 2.05) is 0 Å². The van der Waals surface area contributed by atoms with Gasteiger partial charge in [0.25, 0.3) is 0 Å². The third kappa shape index (κ3) is 6.27. The van der Waals surface area contributed by atoms with Crippen LogP contribution in [0.25, 0.3) is 0 Å². The summed E-state index contributed by atoms with van der Waals surface area (Å²) < 4.78 is 5.49. The van der Waals surface area contributed by atoms with Crippen molar-refractivity contribution in [2.24, 2.45) is 5.92 Å². The van der Waals surface area contributed by atoms with Gasteiger partial charge in [0.05, 0.1) is 6.10 Å². The molecule has 1 amide bonds. The third-order valence-electron chi connectivity index (χ3n) is 3.02. The molecule has 2 atom stereocenters. The topological polar surface area (TPSA) is 38.3 Å². The molecule has 0 aliphatic carbocycles. The van der Waals surface area contributed by atoms with Crippen molar-refractivity contribution in [2.75, 3.05) is 12.5 Å². The van der Waals surface area contributed by atoms with Crippen LogP contribution in [0.2, 0.25) is 0 Å². The Bertz CT molecular complexity index is 227. The monoisotopic (exact) mass is 261 g/mol. The van der Waals surface area contributed by atoms with Crippen LogP contribution >= 0.6 is 11.6 Å². The first-order valence-electron chi connectivity index (χ1n) is 6.58. The van der Waals surface area contributed by atoms with Gasteiger partial charge in [0.1, 0.15) is 0 Å². The number of rotatable bonds is 7. The van der Waals surface area contributed by atoms with Gasteiger partial charge in [-0.3, -0.25) is 4.79 Å². The molecule has 0 saturated carbocycles. The summed E-state index contributed by atoms with van der Waals surface area (Å²) in [6.07, 6.45) is 4.84. The fourth-order valence-corrected chi connectivity index (χ4v) is 2.40. The molecule has 4 heteroatoms. The molecule has 1 aliphatic heterocycles. The van der Waals surface area contributed by atoms with E-state index in [-0.39, 0.29) is 11.9 Å². The highest BCUT2D eigenvalue weighted by molar-refractivity contribution is 6.18. The Kier molecular flexibility index (Phi) is 6.90. The maximum Gasteiger partial charge on any atom is 0.220 e. The maximum absolute atomic E-state index is 11.7. The predicted molar refractivity (Wildman–Crippen MR) is 70.3 cm³/mol. The summed E-state index contributed by atoms with van der Waals surface area (Å²) in [5.74, 6) is 1.15. The van der Waals surface area contributed by atoms with Crippen LogP contribution in [0.4, 0.5) is 0 Å². The molecule has 0 spiro atoms. The Labute approximate surface area is 109 Å². The molecule has 17 heavy (non-hydrogen) atoms. The Morgan fingerprint density at radius 1 is 1.53 bits per heavy atom. The lowest BCUT2D eigenvalue weighted by Gasteiger charge is -2.18. The fourth-order valence-electron chi connectivity index (χ4n) is 2.19. The Morgan fingerprint density at radius 2 is 2.29 bits per heavy atom. The lowest BCUT2D eigenvalue weighted by Crippen LogP contribution is -2.37. The lowest BCUT2D eigenvalue weighted by atomic mass is 10.0. The van der Waals surface area contributed by atoms with Gasteiger partial charge in [0, 0.05) is 24.9 Å². The minimum absolute atomic E-state index is 0.104. The van der Waals surface area contributed by atoms with E-state index in [4.69, 9.17) is 16.3 Å². The quantitative estimate of drug-likeness (QED) is 0.716. The molecule has 1 aliphatic rings. The summed E-state index contributed by atoms with van der Waals surface area (Å²) in [4.78, 5) is 11.7. The van der Waals surface area contributed by atoms with Crippen LogP contribution in [0, 0.1) is 5.92 Å². The molecule has 0 aromatic heterocycles. The van der Waals surface area contributed by atoms with Gasteiger partial charge in [-0.15, -0.1) is 11.6 Å². The molecule has 1 fully saturated rings. The fraction of sp³-hybridized carbons (Fsp3) is 0.923. The van der Waals surface area contributed by atoms with E-state index in [9.17, 15) is 4.79 Å². The number of hydrogen-bond acceptors (Lipinski definition) is 2. The molecule has 0 aromatic carbocycles. The first-order chi connectivity index (χ1) is 8.11. The number of nitrogens with one attached hydrogen (secondary N) is 1. The molecular weight excluding hydrogens is 238 g/mol. The van der Waals surface area contributed by atoms with Crippen LogP contribution in [0.15, 0.2) is 0 Å². The summed E-state index contributed by atoms with van der Waals surface area (Å²) in [6, 6.07) is 0.105. The van der Waals surface area contributed by atoms with E-state index < -0.39 is 0 Å². The van der Waals surface area contributed by atoms with E-state index in [1.165, 1.54) is 0 Å². The normalized spacial score (nSPS) is 21.8. The molecule has 0 radical (unpaired) electrons. The first-order valence-corrected chi connectivity index (χ1v) is 7.12. The van der Waals surface area contributed by atoms with Crippen molar-refractivity contribution in [1.29, 1.82) is 0 Å². The molecular formula is C13H24ClNO2. The van der Waals surface area contributed by atoms with Gasteiger partial charge in [0.15, 0.2) is 0 Å². The summed E-state index contributed by atoms with van der Waals surface area (Å²) in [5.41, 5.74) is 0. The second-order valence-electron chi connectivity index (χ2n) is 5.22. The van der Waals surface area contributed by atoms with Gasteiger partial charge in [-0.25, -0.2) is 0 Å². The predicted octanol–water partition coefficient (Wildman–Crippen LogP) is 2.72. The van der Waals surface area contributed by atoms with E-state index >= 15 is 0 Å². The van der Waals surface area contributed by atoms with Crippen LogP contribution in [-0.2, 0) is 9.53 Å². The zero-order valence-corrected chi connectivity index (χ0v) is 11.6. The average molecular weight is 262 g/mol. The second-order valence-corrected chi connectivity index (χ2v) is 5.53. The van der Waals surface area contributed by atoms with Crippen molar-refractivity contribution in [3.05, 3.63) is 0 Å².